The molecule has 1 N–H and O–H groups in total. The molecule has 0 saturated carbocycles. The van der Waals surface area contributed by atoms with Crippen molar-refractivity contribution in [1.29, 1.82) is 0 Å². The van der Waals surface area contributed by atoms with Gasteiger partial charge in [0.25, 0.3) is 5.91 Å². The third-order valence-electron chi connectivity index (χ3n) is 5.07. The van der Waals surface area contributed by atoms with Gasteiger partial charge in [-0.1, -0.05) is 67.9 Å². The number of carbonyl (C=O) groups is 1. The number of benzene rings is 3. The molecule has 0 aromatic heterocycles. The number of hydrogen-bond acceptors (Lipinski definition) is 4. The number of anilines is 1. The van der Waals surface area contributed by atoms with E-state index in [4.69, 9.17) is 11.6 Å². The minimum atomic E-state index is -3.57. The first-order chi connectivity index (χ1) is 15.6. The van der Waals surface area contributed by atoms with Crippen LogP contribution in [0.4, 0.5) is 5.69 Å². The van der Waals surface area contributed by atoms with Crippen molar-refractivity contribution in [3.63, 3.8) is 0 Å². The predicted molar refractivity (Wildman–Crippen MR) is 135 cm³/mol. The molecule has 33 heavy (non-hydrogen) atoms. The quantitative estimate of drug-likeness (QED) is 0.353. The Balaban J connectivity index is 1.69. The Bertz CT molecular complexity index is 1240. The molecule has 0 unspecified atom stereocenters. The highest BCUT2D eigenvalue weighted by atomic mass is 35.5. The van der Waals surface area contributed by atoms with Gasteiger partial charge >= 0.3 is 0 Å². The second-order valence-electron chi connectivity index (χ2n) is 7.93. The fourth-order valence-electron chi connectivity index (χ4n) is 3.16. The largest absolute Gasteiger partial charge is 0.271 e. The summed E-state index contributed by atoms with van der Waals surface area (Å²) in [4.78, 5) is 12.4. The first kappa shape index (κ1) is 24.5. The van der Waals surface area contributed by atoms with Crippen LogP contribution in [-0.4, -0.2) is 26.8 Å². The molecule has 0 heterocycles. The van der Waals surface area contributed by atoms with Crippen molar-refractivity contribution in [1.82, 2.24) is 5.43 Å². The summed E-state index contributed by atoms with van der Waals surface area (Å²) in [6.45, 7) is 4.34. The first-order valence-corrected chi connectivity index (χ1v) is 12.6. The van der Waals surface area contributed by atoms with E-state index in [1.807, 2.05) is 24.3 Å². The number of sulfonamides is 1. The molecule has 3 aromatic carbocycles. The first-order valence-electron chi connectivity index (χ1n) is 10.4. The Morgan fingerprint density at radius 1 is 1.03 bits per heavy atom. The van der Waals surface area contributed by atoms with Crippen LogP contribution in [0.3, 0.4) is 0 Å². The summed E-state index contributed by atoms with van der Waals surface area (Å²) in [7, 11) is -3.57. The van der Waals surface area contributed by atoms with Crippen molar-refractivity contribution in [2.45, 2.75) is 26.3 Å². The molecular formula is C25H26ClN3O3S. The van der Waals surface area contributed by atoms with E-state index in [2.05, 4.69) is 24.4 Å². The Morgan fingerprint density at radius 2 is 1.67 bits per heavy atom. The van der Waals surface area contributed by atoms with Gasteiger partial charge in [-0.2, -0.15) is 5.10 Å². The molecular weight excluding hydrogens is 458 g/mol. The molecule has 0 aliphatic carbocycles. The average Bonchev–Trinajstić information content (AvgIpc) is 2.78. The van der Waals surface area contributed by atoms with Crippen LogP contribution >= 0.6 is 11.6 Å². The normalized spacial score (nSPS) is 11.7. The van der Waals surface area contributed by atoms with Crippen molar-refractivity contribution in [3.8, 4) is 0 Å². The van der Waals surface area contributed by atoms with Gasteiger partial charge in [0.2, 0.25) is 10.0 Å². The molecule has 0 spiro atoms. The third kappa shape index (κ3) is 6.66. The van der Waals surface area contributed by atoms with E-state index in [9.17, 15) is 13.2 Å². The zero-order chi connectivity index (χ0) is 24.0. The average molecular weight is 484 g/mol. The van der Waals surface area contributed by atoms with E-state index >= 15 is 0 Å². The SMILES string of the molecule is CC(C)c1ccc(/C=N\NC(=O)c2ccc(N(Cc3ccccc3Cl)S(C)(=O)=O)cc2)cc1. The van der Waals surface area contributed by atoms with Crippen molar-refractivity contribution in [2.75, 3.05) is 10.6 Å². The van der Waals surface area contributed by atoms with Gasteiger partial charge in [-0.3, -0.25) is 9.10 Å². The number of hydrogen-bond donors (Lipinski definition) is 1. The van der Waals surface area contributed by atoms with Crippen LogP contribution in [0.15, 0.2) is 77.9 Å². The van der Waals surface area contributed by atoms with E-state index in [0.717, 1.165) is 11.8 Å². The molecule has 0 radical (unpaired) electrons. The fourth-order valence-corrected chi connectivity index (χ4v) is 4.23. The number of rotatable bonds is 8. The molecule has 0 atom stereocenters. The van der Waals surface area contributed by atoms with Crippen LogP contribution in [0.1, 0.15) is 46.8 Å². The fraction of sp³-hybridized carbons (Fsp3) is 0.200. The summed E-state index contributed by atoms with van der Waals surface area (Å²) in [6.07, 6.45) is 2.71. The van der Waals surface area contributed by atoms with Crippen LogP contribution in [0.5, 0.6) is 0 Å². The van der Waals surface area contributed by atoms with Gasteiger partial charge in [-0.25, -0.2) is 13.8 Å². The zero-order valence-corrected chi connectivity index (χ0v) is 20.3. The van der Waals surface area contributed by atoms with Gasteiger partial charge < -0.3 is 0 Å². The second kappa shape index (κ2) is 10.6. The van der Waals surface area contributed by atoms with E-state index in [-0.39, 0.29) is 6.54 Å². The van der Waals surface area contributed by atoms with E-state index in [0.29, 0.717) is 27.8 Å². The maximum absolute atomic E-state index is 12.4. The molecule has 0 aliphatic rings. The predicted octanol–water partition coefficient (Wildman–Crippen LogP) is 5.19. The van der Waals surface area contributed by atoms with Crippen LogP contribution in [-0.2, 0) is 16.6 Å². The van der Waals surface area contributed by atoms with Gasteiger partial charge in [-0.05, 0) is 52.9 Å². The summed E-state index contributed by atoms with van der Waals surface area (Å²) in [5.41, 5.74) is 6.07. The lowest BCUT2D eigenvalue weighted by molar-refractivity contribution is 0.0955. The minimum absolute atomic E-state index is 0.0872. The van der Waals surface area contributed by atoms with Crippen LogP contribution in [0.2, 0.25) is 5.02 Å². The molecule has 3 aromatic rings. The number of halogens is 1. The molecule has 8 heteroatoms. The lowest BCUT2D eigenvalue weighted by atomic mass is 10.0. The molecule has 1 amide bonds. The van der Waals surface area contributed by atoms with Crippen molar-refractivity contribution in [2.24, 2.45) is 5.10 Å². The van der Waals surface area contributed by atoms with Crippen LogP contribution < -0.4 is 9.73 Å². The molecule has 0 bridgehead atoms. The number of amides is 1. The van der Waals surface area contributed by atoms with Crippen molar-refractivity contribution in [3.05, 3.63) is 100 Å². The lowest BCUT2D eigenvalue weighted by Gasteiger charge is -2.23. The topological polar surface area (TPSA) is 78.8 Å². The number of nitrogens with one attached hydrogen (secondary N) is 1. The molecule has 0 fully saturated rings. The maximum atomic E-state index is 12.4. The Kier molecular flexibility index (Phi) is 7.89. The summed E-state index contributed by atoms with van der Waals surface area (Å²) in [6, 6.07) is 21.3. The summed E-state index contributed by atoms with van der Waals surface area (Å²) in [5.74, 6) is 0.0515. The van der Waals surface area contributed by atoms with E-state index in [1.165, 1.54) is 9.87 Å². The van der Waals surface area contributed by atoms with Crippen molar-refractivity contribution < 1.29 is 13.2 Å². The third-order valence-corrected chi connectivity index (χ3v) is 6.58. The Morgan fingerprint density at radius 3 is 2.24 bits per heavy atom. The van der Waals surface area contributed by atoms with Gasteiger partial charge in [0.1, 0.15) is 0 Å². The number of nitrogens with zero attached hydrogens (tertiary/aromatic N) is 2. The smallest absolute Gasteiger partial charge is 0.267 e. The van der Waals surface area contributed by atoms with Gasteiger partial charge in [-0.15, -0.1) is 0 Å². The Labute approximate surface area is 200 Å². The van der Waals surface area contributed by atoms with Crippen LogP contribution in [0.25, 0.3) is 0 Å². The monoisotopic (exact) mass is 483 g/mol. The minimum Gasteiger partial charge on any atom is -0.267 e. The standard InChI is InChI=1S/C25H26ClN3O3S/c1-18(2)20-10-8-19(9-11-20)16-27-28-25(30)21-12-14-23(15-13-21)29(33(3,31)32)17-22-6-4-5-7-24(22)26/h4-16,18H,17H2,1-3H3,(H,28,30)/b27-16-. The number of carbonyl (C=O) groups excluding carboxylic acids is 1. The van der Waals surface area contributed by atoms with E-state index in [1.54, 1.807) is 54.7 Å². The molecule has 172 valence electrons. The zero-order valence-electron chi connectivity index (χ0n) is 18.7. The van der Waals surface area contributed by atoms with Gasteiger partial charge in [0.05, 0.1) is 24.7 Å². The summed E-state index contributed by atoms with van der Waals surface area (Å²) in [5, 5.41) is 4.49. The van der Waals surface area contributed by atoms with Crippen molar-refractivity contribution >= 4 is 39.4 Å². The van der Waals surface area contributed by atoms with Crippen LogP contribution in [0, 0.1) is 0 Å². The highest BCUT2D eigenvalue weighted by Gasteiger charge is 2.19. The molecule has 0 saturated heterocycles. The summed E-state index contributed by atoms with van der Waals surface area (Å²) < 4.78 is 26.0. The number of hydrazone groups is 1. The van der Waals surface area contributed by atoms with Gasteiger partial charge in [0.15, 0.2) is 0 Å². The second-order valence-corrected chi connectivity index (χ2v) is 10.2. The lowest BCUT2D eigenvalue weighted by Crippen LogP contribution is -2.29. The highest BCUT2D eigenvalue weighted by Crippen LogP contribution is 2.24. The molecule has 3 rings (SSSR count). The maximum Gasteiger partial charge on any atom is 0.271 e. The Hall–Kier alpha value is -3.16. The summed E-state index contributed by atoms with van der Waals surface area (Å²) >= 11 is 6.20. The molecule has 6 nitrogen and oxygen atoms in total. The highest BCUT2D eigenvalue weighted by molar-refractivity contribution is 7.92. The van der Waals surface area contributed by atoms with Gasteiger partial charge in [0, 0.05) is 10.6 Å². The molecule has 0 aliphatic heterocycles. The van der Waals surface area contributed by atoms with E-state index < -0.39 is 15.9 Å².